The van der Waals surface area contributed by atoms with Crippen LogP contribution in [0.5, 0.6) is 0 Å². The third kappa shape index (κ3) is 1.90. The van der Waals surface area contributed by atoms with Crippen LogP contribution in [0.3, 0.4) is 0 Å². The van der Waals surface area contributed by atoms with Gasteiger partial charge in [-0.05, 0) is 25.1 Å². The molecule has 0 spiro atoms. The van der Waals surface area contributed by atoms with Crippen molar-refractivity contribution in [3.05, 3.63) is 29.6 Å². The number of amides is 1. The van der Waals surface area contributed by atoms with Gasteiger partial charge in [-0.2, -0.15) is 0 Å². The maximum atomic E-state index is 11.2. The summed E-state index contributed by atoms with van der Waals surface area (Å²) in [5.41, 5.74) is 12.6. The van der Waals surface area contributed by atoms with Crippen LogP contribution in [0.1, 0.15) is 22.6 Å². The lowest BCUT2D eigenvalue weighted by molar-refractivity contribution is 0.100. The Bertz CT molecular complexity index is 518. The average molecular weight is 218 g/mol. The van der Waals surface area contributed by atoms with E-state index in [0.29, 0.717) is 17.6 Å². The Kier molecular flexibility index (Phi) is 2.87. The van der Waals surface area contributed by atoms with Crippen molar-refractivity contribution in [2.75, 3.05) is 6.54 Å². The monoisotopic (exact) mass is 218 g/mol. The van der Waals surface area contributed by atoms with Gasteiger partial charge in [-0.3, -0.25) is 4.79 Å². The molecule has 1 heterocycles. The summed E-state index contributed by atoms with van der Waals surface area (Å²) in [5, 5.41) is 0. The van der Waals surface area contributed by atoms with Crippen LogP contribution in [0.15, 0.2) is 18.2 Å². The third-order valence-corrected chi connectivity index (χ3v) is 2.44. The van der Waals surface area contributed by atoms with Crippen LogP contribution in [-0.4, -0.2) is 22.4 Å². The van der Waals surface area contributed by atoms with Crippen molar-refractivity contribution in [3.63, 3.8) is 0 Å². The van der Waals surface area contributed by atoms with Gasteiger partial charge < -0.3 is 16.5 Å². The van der Waals surface area contributed by atoms with E-state index in [9.17, 15) is 4.79 Å². The predicted molar refractivity (Wildman–Crippen MR) is 62.0 cm³/mol. The molecule has 1 aromatic heterocycles. The molecule has 0 aliphatic rings. The van der Waals surface area contributed by atoms with E-state index in [1.54, 1.807) is 12.1 Å². The van der Waals surface area contributed by atoms with Crippen molar-refractivity contribution >= 4 is 16.9 Å². The third-order valence-electron chi connectivity index (χ3n) is 2.44. The molecule has 5 N–H and O–H groups in total. The second-order valence-electron chi connectivity index (χ2n) is 3.64. The number of hydrogen-bond donors (Lipinski definition) is 3. The number of fused-ring (bicyclic) bond motifs is 1. The lowest BCUT2D eigenvalue weighted by Gasteiger charge is -1.94. The Morgan fingerprint density at radius 3 is 2.94 bits per heavy atom. The van der Waals surface area contributed by atoms with Gasteiger partial charge in [0.15, 0.2) is 0 Å². The van der Waals surface area contributed by atoms with Crippen LogP contribution < -0.4 is 11.5 Å². The van der Waals surface area contributed by atoms with Crippen molar-refractivity contribution in [2.24, 2.45) is 11.5 Å². The van der Waals surface area contributed by atoms with Crippen LogP contribution >= 0.6 is 0 Å². The first kappa shape index (κ1) is 10.6. The van der Waals surface area contributed by atoms with E-state index in [-0.39, 0.29) is 0 Å². The minimum atomic E-state index is -0.456. The van der Waals surface area contributed by atoms with Crippen LogP contribution in [0.4, 0.5) is 0 Å². The van der Waals surface area contributed by atoms with Crippen molar-refractivity contribution in [1.29, 1.82) is 0 Å². The summed E-state index contributed by atoms with van der Waals surface area (Å²) >= 11 is 0. The smallest absolute Gasteiger partial charge is 0.250 e. The van der Waals surface area contributed by atoms with Gasteiger partial charge in [-0.25, -0.2) is 4.98 Å². The standard InChI is InChI=1S/C11H14N4O/c12-6-2-5-9-14-8-4-1-3-7(11(13)16)10(8)15-9/h1,3-4H,2,5-6,12H2,(H2,13,16)(H,14,15). The van der Waals surface area contributed by atoms with E-state index >= 15 is 0 Å². The fraction of sp³-hybridized carbons (Fsp3) is 0.273. The van der Waals surface area contributed by atoms with Crippen molar-refractivity contribution < 1.29 is 4.79 Å². The molecule has 1 aromatic carbocycles. The summed E-state index contributed by atoms with van der Waals surface area (Å²) in [6, 6.07) is 5.34. The Labute approximate surface area is 92.8 Å². The Morgan fingerprint density at radius 2 is 2.25 bits per heavy atom. The highest BCUT2D eigenvalue weighted by molar-refractivity contribution is 6.03. The summed E-state index contributed by atoms with van der Waals surface area (Å²) in [6.45, 7) is 0.625. The first-order valence-corrected chi connectivity index (χ1v) is 5.20. The number of benzene rings is 1. The van der Waals surface area contributed by atoms with Gasteiger partial charge in [-0.15, -0.1) is 0 Å². The number of primary amides is 1. The zero-order chi connectivity index (χ0) is 11.5. The molecule has 16 heavy (non-hydrogen) atoms. The maximum absolute atomic E-state index is 11.2. The molecule has 0 bridgehead atoms. The van der Waals surface area contributed by atoms with Gasteiger partial charge in [0.25, 0.3) is 5.91 Å². The number of carbonyl (C=O) groups is 1. The Hall–Kier alpha value is -1.88. The fourth-order valence-corrected chi connectivity index (χ4v) is 1.67. The summed E-state index contributed by atoms with van der Waals surface area (Å²) in [6.07, 6.45) is 1.65. The van der Waals surface area contributed by atoms with Gasteiger partial charge in [-0.1, -0.05) is 6.07 Å². The number of nitrogens with two attached hydrogens (primary N) is 2. The van der Waals surface area contributed by atoms with Gasteiger partial charge in [0, 0.05) is 6.42 Å². The molecule has 2 aromatic rings. The normalized spacial score (nSPS) is 10.8. The number of aromatic amines is 1. The zero-order valence-electron chi connectivity index (χ0n) is 8.86. The largest absolute Gasteiger partial charge is 0.366 e. The van der Waals surface area contributed by atoms with Crippen LogP contribution in [0.25, 0.3) is 11.0 Å². The summed E-state index contributed by atoms with van der Waals surface area (Å²) in [5.74, 6) is 0.386. The molecule has 0 aliphatic heterocycles. The Morgan fingerprint density at radius 1 is 1.44 bits per heavy atom. The minimum Gasteiger partial charge on any atom is -0.366 e. The molecule has 0 saturated heterocycles. The molecule has 5 nitrogen and oxygen atoms in total. The highest BCUT2D eigenvalue weighted by atomic mass is 16.1. The molecule has 5 heteroatoms. The molecule has 84 valence electrons. The molecule has 1 amide bonds. The summed E-state index contributed by atoms with van der Waals surface area (Å²) in [4.78, 5) is 18.7. The highest BCUT2D eigenvalue weighted by Crippen LogP contribution is 2.16. The van der Waals surface area contributed by atoms with E-state index in [4.69, 9.17) is 11.5 Å². The van der Waals surface area contributed by atoms with Crippen LogP contribution in [0.2, 0.25) is 0 Å². The minimum absolute atomic E-state index is 0.452. The summed E-state index contributed by atoms with van der Waals surface area (Å²) < 4.78 is 0. The fourth-order valence-electron chi connectivity index (χ4n) is 1.67. The highest BCUT2D eigenvalue weighted by Gasteiger charge is 2.10. The number of rotatable bonds is 4. The lowest BCUT2D eigenvalue weighted by atomic mass is 10.2. The van der Waals surface area contributed by atoms with Gasteiger partial charge in [0.2, 0.25) is 0 Å². The molecule has 2 rings (SSSR count). The second kappa shape index (κ2) is 4.32. The number of hydrogen-bond acceptors (Lipinski definition) is 3. The molecule has 0 fully saturated rings. The van der Waals surface area contributed by atoms with Crippen molar-refractivity contribution in [1.82, 2.24) is 9.97 Å². The van der Waals surface area contributed by atoms with E-state index in [1.807, 2.05) is 6.07 Å². The molecule has 0 radical (unpaired) electrons. The topological polar surface area (TPSA) is 97.8 Å². The van der Waals surface area contributed by atoms with Crippen LogP contribution in [-0.2, 0) is 6.42 Å². The maximum Gasteiger partial charge on any atom is 0.250 e. The van der Waals surface area contributed by atoms with Gasteiger partial charge in [0.1, 0.15) is 11.3 Å². The Balaban J connectivity index is 2.44. The first-order valence-electron chi connectivity index (χ1n) is 5.20. The van der Waals surface area contributed by atoms with Crippen LogP contribution in [0, 0.1) is 0 Å². The lowest BCUT2D eigenvalue weighted by Crippen LogP contribution is -2.11. The molecular formula is C11H14N4O. The molecular weight excluding hydrogens is 204 g/mol. The average Bonchev–Trinajstić information content (AvgIpc) is 2.68. The van der Waals surface area contributed by atoms with Crippen molar-refractivity contribution in [2.45, 2.75) is 12.8 Å². The second-order valence-corrected chi connectivity index (χ2v) is 3.64. The van der Waals surface area contributed by atoms with Gasteiger partial charge in [0.05, 0.1) is 11.1 Å². The van der Waals surface area contributed by atoms with Crippen molar-refractivity contribution in [3.8, 4) is 0 Å². The predicted octanol–water partition coefficient (Wildman–Crippen LogP) is 0.553. The molecule has 0 atom stereocenters. The van der Waals surface area contributed by atoms with Gasteiger partial charge >= 0.3 is 0 Å². The quantitative estimate of drug-likeness (QED) is 0.699. The molecule has 0 saturated carbocycles. The van der Waals surface area contributed by atoms with E-state index in [2.05, 4.69) is 9.97 Å². The SMILES string of the molecule is NCCCc1nc2c(C(N)=O)cccc2[nH]1. The van der Waals surface area contributed by atoms with E-state index in [1.165, 1.54) is 0 Å². The number of imidazole rings is 1. The summed E-state index contributed by atoms with van der Waals surface area (Å²) in [7, 11) is 0. The zero-order valence-corrected chi connectivity index (χ0v) is 8.86. The first-order chi connectivity index (χ1) is 7.72. The number of para-hydroxylation sites is 1. The van der Waals surface area contributed by atoms with E-state index < -0.39 is 5.91 Å². The molecule has 0 unspecified atom stereocenters. The number of nitrogens with one attached hydrogen (secondary N) is 1. The number of aromatic nitrogens is 2. The van der Waals surface area contributed by atoms with E-state index in [0.717, 1.165) is 24.2 Å². The number of nitrogens with zero attached hydrogens (tertiary/aromatic N) is 1. The number of carbonyl (C=O) groups excluding carboxylic acids is 1. The number of H-pyrrole nitrogens is 1. The molecule has 0 aliphatic carbocycles. The number of aryl methyl sites for hydroxylation is 1.